The predicted molar refractivity (Wildman–Crippen MR) is 82.9 cm³/mol. The predicted octanol–water partition coefficient (Wildman–Crippen LogP) is 2.84. The number of fused-ring (bicyclic) bond motifs is 1. The van der Waals surface area contributed by atoms with Crippen LogP contribution in [0.25, 0.3) is 5.65 Å². The Hall–Kier alpha value is -2.56. The van der Waals surface area contributed by atoms with Gasteiger partial charge in [0.1, 0.15) is 12.4 Å². The number of nitrogens with zero attached hydrogens (tertiary/aromatic N) is 3. The molecule has 3 rings (SSSR count). The van der Waals surface area contributed by atoms with Crippen LogP contribution >= 0.6 is 0 Å². The Labute approximate surface area is 123 Å². The number of pyridine rings is 1. The lowest BCUT2D eigenvalue weighted by molar-refractivity contribution is 0.332. The van der Waals surface area contributed by atoms with Gasteiger partial charge in [0, 0.05) is 6.20 Å². The highest BCUT2D eigenvalue weighted by Crippen LogP contribution is 2.12. The lowest BCUT2D eigenvalue weighted by atomic mass is 10.2. The van der Waals surface area contributed by atoms with Crippen molar-refractivity contribution in [2.45, 2.75) is 13.8 Å². The van der Waals surface area contributed by atoms with Crippen molar-refractivity contribution in [3.05, 3.63) is 53.7 Å². The molecule has 2 heterocycles. The largest absolute Gasteiger partial charge is 0.492 e. The number of ether oxygens (including phenoxy) is 1. The number of nitrogens with one attached hydrogen (secondary N) is 1. The summed E-state index contributed by atoms with van der Waals surface area (Å²) in [6, 6.07) is 12.0. The molecule has 0 aliphatic rings. The summed E-state index contributed by atoms with van der Waals surface area (Å²) < 4.78 is 7.44. The third-order valence-corrected chi connectivity index (χ3v) is 3.14. The van der Waals surface area contributed by atoms with Crippen molar-refractivity contribution in [2.24, 2.45) is 0 Å². The molecule has 0 fully saturated rings. The summed E-state index contributed by atoms with van der Waals surface area (Å²) >= 11 is 0. The monoisotopic (exact) mass is 282 g/mol. The van der Waals surface area contributed by atoms with E-state index in [4.69, 9.17) is 4.74 Å². The first-order chi connectivity index (χ1) is 10.2. The molecule has 0 saturated carbocycles. The number of aryl methyl sites for hydroxylation is 2. The number of aromatic nitrogens is 3. The summed E-state index contributed by atoms with van der Waals surface area (Å²) in [6.07, 6.45) is 1.91. The fourth-order valence-electron chi connectivity index (χ4n) is 2.10. The third kappa shape index (κ3) is 3.31. The van der Waals surface area contributed by atoms with E-state index in [1.54, 1.807) is 4.52 Å². The average molecular weight is 282 g/mol. The fourth-order valence-corrected chi connectivity index (χ4v) is 2.10. The lowest BCUT2D eigenvalue weighted by Crippen LogP contribution is -2.12. The summed E-state index contributed by atoms with van der Waals surface area (Å²) in [7, 11) is 0. The summed E-state index contributed by atoms with van der Waals surface area (Å²) in [5, 5.41) is 7.52. The van der Waals surface area contributed by atoms with Crippen molar-refractivity contribution < 1.29 is 4.74 Å². The van der Waals surface area contributed by atoms with E-state index in [1.165, 1.54) is 11.1 Å². The topological polar surface area (TPSA) is 51.5 Å². The number of rotatable bonds is 5. The smallest absolute Gasteiger partial charge is 0.243 e. The molecule has 0 saturated heterocycles. The quantitative estimate of drug-likeness (QED) is 0.731. The van der Waals surface area contributed by atoms with Crippen LogP contribution < -0.4 is 10.1 Å². The zero-order valence-corrected chi connectivity index (χ0v) is 12.2. The molecule has 5 nitrogen and oxygen atoms in total. The summed E-state index contributed by atoms with van der Waals surface area (Å²) in [4.78, 5) is 4.42. The molecule has 0 radical (unpaired) electrons. The number of hydrogen-bond donors (Lipinski definition) is 1. The van der Waals surface area contributed by atoms with Gasteiger partial charge in [-0.3, -0.25) is 0 Å². The molecular weight excluding hydrogens is 264 g/mol. The van der Waals surface area contributed by atoms with Crippen LogP contribution in [0.4, 0.5) is 5.95 Å². The second kappa shape index (κ2) is 5.83. The maximum absolute atomic E-state index is 5.68. The molecule has 0 spiro atoms. The van der Waals surface area contributed by atoms with E-state index < -0.39 is 0 Å². The molecule has 0 bridgehead atoms. The maximum atomic E-state index is 5.68. The first kappa shape index (κ1) is 13.4. The van der Waals surface area contributed by atoms with E-state index in [0.29, 0.717) is 19.1 Å². The molecule has 5 heteroatoms. The van der Waals surface area contributed by atoms with E-state index in [0.717, 1.165) is 11.4 Å². The molecule has 2 aromatic heterocycles. The number of benzene rings is 1. The fraction of sp³-hybridized carbons (Fsp3) is 0.250. The Balaban J connectivity index is 1.54. The molecule has 0 aliphatic carbocycles. The van der Waals surface area contributed by atoms with Crippen LogP contribution in [0.15, 0.2) is 42.6 Å². The van der Waals surface area contributed by atoms with E-state index in [9.17, 15) is 0 Å². The van der Waals surface area contributed by atoms with E-state index in [2.05, 4.69) is 15.4 Å². The molecule has 1 N–H and O–H groups in total. The van der Waals surface area contributed by atoms with Gasteiger partial charge in [-0.2, -0.15) is 4.98 Å². The van der Waals surface area contributed by atoms with E-state index >= 15 is 0 Å². The highest BCUT2D eigenvalue weighted by molar-refractivity contribution is 5.45. The van der Waals surface area contributed by atoms with Gasteiger partial charge < -0.3 is 10.1 Å². The Kier molecular flexibility index (Phi) is 3.73. The first-order valence-corrected chi connectivity index (χ1v) is 6.97. The van der Waals surface area contributed by atoms with Gasteiger partial charge in [0.25, 0.3) is 0 Å². The molecule has 3 aromatic rings. The zero-order valence-electron chi connectivity index (χ0n) is 12.2. The average Bonchev–Trinajstić information content (AvgIpc) is 2.85. The van der Waals surface area contributed by atoms with Crippen LogP contribution in [-0.4, -0.2) is 27.7 Å². The van der Waals surface area contributed by atoms with Crippen molar-refractivity contribution in [2.75, 3.05) is 18.5 Å². The lowest BCUT2D eigenvalue weighted by Gasteiger charge is -2.06. The van der Waals surface area contributed by atoms with Crippen LogP contribution in [-0.2, 0) is 0 Å². The normalized spacial score (nSPS) is 10.8. The Morgan fingerprint density at radius 1 is 1.14 bits per heavy atom. The number of hydrogen-bond acceptors (Lipinski definition) is 4. The molecular formula is C16H18N4O. The SMILES string of the molecule is Cc1cccc(OCCNc2nc3cc(C)ccn3n2)c1. The Morgan fingerprint density at radius 2 is 2.00 bits per heavy atom. The highest BCUT2D eigenvalue weighted by atomic mass is 16.5. The molecule has 1 aromatic carbocycles. The summed E-state index contributed by atoms with van der Waals surface area (Å²) in [5.74, 6) is 1.50. The molecule has 21 heavy (non-hydrogen) atoms. The van der Waals surface area contributed by atoms with Crippen molar-refractivity contribution in [3.8, 4) is 5.75 Å². The van der Waals surface area contributed by atoms with Gasteiger partial charge in [-0.1, -0.05) is 12.1 Å². The van der Waals surface area contributed by atoms with Crippen LogP contribution in [0.3, 0.4) is 0 Å². The molecule has 0 unspecified atom stereocenters. The Morgan fingerprint density at radius 3 is 2.86 bits per heavy atom. The van der Waals surface area contributed by atoms with Gasteiger partial charge in [0.05, 0.1) is 6.54 Å². The second-order valence-electron chi connectivity index (χ2n) is 5.03. The molecule has 108 valence electrons. The highest BCUT2D eigenvalue weighted by Gasteiger charge is 2.02. The zero-order chi connectivity index (χ0) is 14.7. The van der Waals surface area contributed by atoms with Gasteiger partial charge in [0.2, 0.25) is 5.95 Å². The summed E-state index contributed by atoms with van der Waals surface area (Å²) in [6.45, 7) is 5.31. The van der Waals surface area contributed by atoms with Crippen molar-refractivity contribution in [1.82, 2.24) is 14.6 Å². The molecule has 0 aliphatic heterocycles. The van der Waals surface area contributed by atoms with Crippen LogP contribution in [0.1, 0.15) is 11.1 Å². The second-order valence-corrected chi connectivity index (χ2v) is 5.03. The van der Waals surface area contributed by atoms with Gasteiger partial charge in [-0.25, -0.2) is 4.52 Å². The third-order valence-electron chi connectivity index (χ3n) is 3.14. The van der Waals surface area contributed by atoms with Crippen molar-refractivity contribution in [1.29, 1.82) is 0 Å². The molecule has 0 amide bonds. The van der Waals surface area contributed by atoms with Crippen molar-refractivity contribution in [3.63, 3.8) is 0 Å². The van der Waals surface area contributed by atoms with E-state index in [1.807, 2.05) is 56.4 Å². The van der Waals surface area contributed by atoms with Gasteiger partial charge in [-0.05, 0) is 49.2 Å². The van der Waals surface area contributed by atoms with Crippen molar-refractivity contribution >= 4 is 11.6 Å². The van der Waals surface area contributed by atoms with Crippen LogP contribution in [0.2, 0.25) is 0 Å². The van der Waals surface area contributed by atoms with Gasteiger partial charge in [-0.15, -0.1) is 5.10 Å². The van der Waals surface area contributed by atoms with Crippen LogP contribution in [0.5, 0.6) is 5.75 Å². The van der Waals surface area contributed by atoms with Crippen LogP contribution in [0, 0.1) is 13.8 Å². The summed E-state index contributed by atoms with van der Waals surface area (Å²) in [5.41, 5.74) is 3.21. The first-order valence-electron chi connectivity index (χ1n) is 6.97. The number of anilines is 1. The van der Waals surface area contributed by atoms with E-state index in [-0.39, 0.29) is 0 Å². The minimum absolute atomic E-state index is 0.567. The molecule has 0 atom stereocenters. The standard InChI is InChI=1S/C16H18N4O/c1-12-4-3-5-14(10-12)21-9-7-17-16-18-15-11-13(2)6-8-20(15)19-16/h3-6,8,10-11H,7,9H2,1-2H3,(H,17,19). The maximum Gasteiger partial charge on any atom is 0.243 e. The Bertz CT molecular complexity index is 751. The minimum Gasteiger partial charge on any atom is -0.492 e. The minimum atomic E-state index is 0.567. The van der Waals surface area contributed by atoms with Gasteiger partial charge >= 0.3 is 0 Å². The van der Waals surface area contributed by atoms with Gasteiger partial charge in [0.15, 0.2) is 5.65 Å².